The fourth-order valence-corrected chi connectivity index (χ4v) is 1.94. The molecule has 0 spiro atoms. The molecular formula is C11H19NO4. The zero-order valence-corrected chi connectivity index (χ0v) is 9.81. The van der Waals surface area contributed by atoms with Crippen molar-refractivity contribution in [2.45, 2.75) is 32.7 Å². The number of nitrogens with zero attached hydrogens (tertiary/aromatic N) is 1. The van der Waals surface area contributed by atoms with E-state index < -0.39 is 12.0 Å². The van der Waals surface area contributed by atoms with Gasteiger partial charge in [-0.3, -0.25) is 4.79 Å². The normalized spacial score (nSPS) is 21.2. The lowest BCUT2D eigenvalue weighted by Crippen LogP contribution is -2.54. The Morgan fingerprint density at radius 1 is 1.44 bits per heavy atom. The Hall–Kier alpha value is -1.10. The summed E-state index contributed by atoms with van der Waals surface area (Å²) in [5.41, 5.74) is 0. The highest BCUT2D eigenvalue weighted by molar-refractivity contribution is 5.85. The van der Waals surface area contributed by atoms with Crippen molar-refractivity contribution < 1.29 is 19.4 Å². The van der Waals surface area contributed by atoms with Crippen molar-refractivity contribution in [2.75, 3.05) is 19.8 Å². The number of hydrogen-bond acceptors (Lipinski definition) is 3. The second-order valence-electron chi connectivity index (χ2n) is 3.97. The van der Waals surface area contributed by atoms with Gasteiger partial charge in [0.25, 0.3) is 0 Å². The molecule has 1 fully saturated rings. The van der Waals surface area contributed by atoms with Crippen molar-refractivity contribution in [2.24, 2.45) is 5.92 Å². The van der Waals surface area contributed by atoms with Crippen LogP contribution in [-0.2, 0) is 14.3 Å². The molecule has 1 unspecified atom stereocenters. The molecule has 0 aliphatic carbocycles. The fourth-order valence-electron chi connectivity index (χ4n) is 1.94. The molecule has 1 aliphatic heterocycles. The Morgan fingerprint density at radius 2 is 2.06 bits per heavy atom. The Balaban J connectivity index is 2.74. The highest BCUT2D eigenvalue weighted by Crippen LogP contribution is 2.16. The maximum atomic E-state index is 12.1. The van der Waals surface area contributed by atoms with Crippen LogP contribution in [0.15, 0.2) is 0 Å². The highest BCUT2D eigenvalue weighted by Gasteiger charge is 2.34. The van der Waals surface area contributed by atoms with E-state index in [1.165, 1.54) is 4.90 Å². The van der Waals surface area contributed by atoms with E-state index in [1.54, 1.807) is 0 Å². The van der Waals surface area contributed by atoms with E-state index in [2.05, 4.69) is 0 Å². The summed E-state index contributed by atoms with van der Waals surface area (Å²) in [7, 11) is 0. The van der Waals surface area contributed by atoms with Crippen LogP contribution in [0.2, 0.25) is 0 Å². The van der Waals surface area contributed by atoms with Crippen molar-refractivity contribution in [3.05, 3.63) is 0 Å². The summed E-state index contributed by atoms with van der Waals surface area (Å²) < 4.78 is 5.10. The summed E-state index contributed by atoms with van der Waals surface area (Å²) in [5.74, 6) is -1.11. The van der Waals surface area contributed by atoms with Gasteiger partial charge in [0.15, 0.2) is 6.04 Å². The Morgan fingerprint density at radius 3 is 2.56 bits per heavy atom. The first-order chi connectivity index (χ1) is 7.61. The van der Waals surface area contributed by atoms with Gasteiger partial charge in [0.1, 0.15) is 0 Å². The van der Waals surface area contributed by atoms with Gasteiger partial charge >= 0.3 is 5.97 Å². The number of rotatable bonds is 4. The van der Waals surface area contributed by atoms with Crippen LogP contribution in [0.3, 0.4) is 0 Å². The van der Waals surface area contributed by atoms with Gasteiger partial charge in [-0.25, -0.2) is 4.79 Å². The molecule has 0 radical (unpaired) electrons. The number of carbonyl (C=O) groups excluding carboxylic acids is 1. The minimum atomic E-state index is -0.987. The Kier molecular flexibility index (Phi) is 4.73. The van der Waals surface area contributed by atoms with Gasteiger partial charge in [-0.15, -0.1) is 0 Å². The molecule has 1 rings (SSSR count). The Bertz CT molecular complexity index is 263. The van der Waals surface area contributed by atoms with Crippen LogP contribution >= 0.6 is 0 Å². The molecule has 0 bridgehead atoms. The molecular weight excluding hydrogens is 210 g/mol. The van der Waals surface area contributed by atoms with Gasteiger partial charge in [0, 0.05) is 12.5 Å². The molecule has 5 heteroatoms. The predicted octanol–water partition coefficient (Wildman–Crippen LogP) is 0.735. The summed E-state index contributed by atoms with van der Waals surface area (Å²) in [4.78, 5) is 24.5. The van der Waals surface area contributed by atoms with Gasteiger partial charge in [-0.2, -0.15) is 0 Å². The number of amides is 1. The molecule has 0 saturated carbocycles. The van der Waals surface area contributed by atoms with E-state index in [-0.39, 0.29) is 18.4 Å². The lowest BCUT2D eigenvalue weighted by atomic mass is 10.0. The molecule has 16 heavy (non-hydrogen) atoms. The van der Waals surface area contributed by atoms with Gasteiger partial charge in [0.05, 0.1) is 13.2 Å². The molecule has 0 aromatic heterocycles. The first-order valence-corrected chi connectivity index (χ1v) is 5.72. The van der Waals surface area contributed by atoms with Crippen molar-refractivity contribution in [1.82, 2.24) is 4.90 Å². The average molecular weight is 229 g/mol. The molecule has 1 N–H and O–H groups in total. The lowest BCUT2D eigenvalue weighted by molar-refractivity contribution is -0.160. The zero-order valence-electron chi connectivity index (χ0n) is 9.81. The van der Waals surface area contributed by atoms with E-state index in [4.69, 9.17) is 9.84 Å². The van der Waals surface area contributed by atoms with Crippen LogP contribution < -0.4 is 0 Å². The smallest absolute Gasteiger partial charge is 0.328 e. The summed E-state index contributed by atoms with van der Waals surface area (Å²) >= 11 is 0. The van der Waals surface area contributed by atoms with E-state index in [1.807, 2.05) is 13.8 Å². The zero-order chi connectivity index (χ0) is 12.1. The quantitative estimate of drug-likeness (QED) is 0.772. The van der Waals surface area contributed by atoms with Crippen LogP contribution in [0, 0.1) is 5.92 Å². The van der Waals surface area contributed by atoms with Gasteiger partial charge in [0.2, 0.25) is 5.91 Å². The summed E-state index contributed by atoms with van der Waals surface area (Å²) in [6, 6.07) is -0.818. The number of aliphatic carboxylic acids is 1. The second kappa shape index (κ2) is 5.84. The number of hydrogen-bond donors (Lipinski definition) is 1. The van der Waals surface area contributed by atoms with Gasteiger partial charge in [-0.1, -0.05) is 13.8 Å². The van der Waals surface area contributed by atoms with E-state index in [0.29, 0.717) is 13.2 Å². The van der Waals surface area contributed by atoms with Crippen molar-refractivity contribution >= 4 is 11.9 Å². The van der Waals surface area contributed by atoms with Crippen molar-refractivity contribution in [3.8, 4) is 0 Å². The first kappa shape index (κ1) is 13.0. The maximum Gasteiger partial charge on any atom is 0.328 e. The third-order valence-electron chi connectivity index (χ3n) is 3.03. The monoisotopic (exact) mass is 229 g/mol. The minimum absolute atomic E-state index is 0.0549. The standard InChI is InChI=1S/C11H19NO4/c1-3-8(4-2)10(13)12-5-6-16-7-9(12)11(14)15/h8-9H,3-7H2,1-2H3,(H,14,15). The first-order valence-electron chi connectivity index (χ1n) is 5.72. The number of carboxylic acids is 1. The fraction of sp³-hybridized carbons (Fsp3) is 0.818. The molecule has 1 atom stereocenters. The van der Waals surface area contributed by atoms with E-state index in [9.17, 15) is 9.59 Å². The largest absolute Gasteiger partial charge is 0.480 e. The molecule has 1 amide bonds. The Labute approximate surface area is 95.4 Å². The summed E-state index contributed by atoms with van der Waals surface area (Å²) in [6.07, 6.45) is 1.50. The lowest BCUT2D eigenvalue weighted by Gasteiger charge is -2.35. The van der Waals surface area contributed by atoms with Crippen LogP contribution in [0.25, 0.3) is 0 Å². The van der Waals surface area contributed by atoms with E-state index in [0.717, 1.165) is 12.8 Å². The summed E-state index contributed by atoms with van der Waals surface area (Å²) in [5, 5.41) is 9.01. The van der Waals surface area contributed by atoms with Crippen LogP contribution in [0.5, 0.6) is 0 Å². The molecule has 5 nitrogen and oxygen atoms in total. The van der Waals surface area contributed by atoms with Crippen molar-refractivity contribution in [3.63, 3.8) is 0 Å². The molecule has 0 aromatic carbocycles. The molecule has 1 saturated heterocycles. The van der Waals surface area contributed by atoms with Crippen LogP contribution in [0.4, 0.5) is 0 Å². The third kappa shape index (κ3) is 2.72. The van der Waals surface area contributed by atoms with Crippen LogP contribution in [0.1, 0.15) is 26.7 Å². The number of carbonyl (C=O) groups is 2. The molecule has 0 aromatic rings. The molecule has 1 aliphatic rings. The van der Waals surface area contributed by atoms with E-state index >= 15 is 0 Å². The minimum Gasteiger partial charge on any atom is -0.480 e. The number of carboxylic acid groups (broad SMARTS) is 1. The maximum absolute atomic E-state index is 12.1. The second-order valence-corrected chi connectivity index (χ2v) is 3.97. The summed E-state index contributed by atoms with van der Waals surface area (Å²) in [6.45, 7) is 4.80. The predicted molar refractivity (Wildman–Crippen MR) is 58.0 cm³/mol. The van der Waals surface area contributed by atoms with Gasteiger partial charge in [-0.05, 0) is 12.8 Å². The molecule has 1 heterocycles. The topological polar surface area (TPSA) is 66.8 Å². The SMILES string of the molecule is CCC(CC)C(=O)N1CCOCC1C(=O)O. The number of ether oxygens (including phenoxy) is 1. The third-order valence-corrected chi connectivity index (χ3v) is 3.03. The highest BCUT2D eigenvalue weighted by atomic mass is 16.5. The van der Waals surface area contributed by atoms with Gasteiger partial charge < -0.3 is 14.7 Å². The number of morpholine rings is 1. The average Bonchev–Trinajstić information content (AvgIpc) is 2.30. The van der Waals surface area contributed by atoms with Crippen molar-refractivity contribution in [1.29, 1.82) is 0 Å². The van der Waals surface area contributed by atoms with Crippen LogP contribution in [-0.4, -0.2) is 47.7 Å². The molecule has 92 valence electrons.